The van der Waals surface area contributed by atoms with Gasteiger partial charge in [-0.3, -0.25) is 14.5 Å². The number of carbonyl (C=O) groups is 2. The SMILES string of the molecule is CO[C@]1(C)C[C@@H](C)CN(C)C(C2CN(C)C2)COC(=O)C(C)(C)C(=O)[C@H](C)[C@H]1OC1O[C@H](C)C[C@H](N(C)C)[C@H]1O. The number of methoxy groups -OCH3 is 1. The summed E-state index contributed by atoms with van der Waals surface area (Å²) < 4.78 is 24.8. The van der Waals surface area contributed by atoms with Crippen LogP contribution in [0.25, 0.3) is 0 Å². The lowest BCUT2D eigenvalue weighted by atomic mass is 9.74. The molecule has 1 N–H and O–H groups in total. The lowest BCUT2D eigenvalue weighted by molar-refractivity contribution is -0.295. The van der Waals surface area contributed by atoms with Gasteiger partial charge in [0.25, 0.3) is 0 Å². The number of ketones is 1. The zero-order valence-electron chi connectivity index (χ0n) is 26.7. The fourth-order valence-corrected chi connectivity index (χ4v) is 7.05. The molecule has 0 aliphatic carbocycles. The van der Waals surface area contributed by atoms with Crippen LogP contribution in [0.15, 0.2) is 0 Å². The molecule has 9 atom stereocenters. The van der Waals surface area contributed by atoms with Crippen LogP contribution >= 0.6 is 0 Å². The van der Waals surface area contributed by atoms with Crippen LogP contribution in [0.4, 0.5) is 0 Å². The number of esters is 1. The summed E-state index contributed by atoms with van der Waals surface area (Å²) in [5.74, 6) is -0.984. The Morgan fingerprint density at radius 1 is 1.05 bits per heavy atom. The first-order valence-corrected chi connectivity index (χ1v) is 14.8. The number of likely N-dealkylation sites (tertiary alicyclic amines) is 1. The van der Waals surface area contributed by atoms with Gasteiger partial charge in [-0.1, -0.05) is 13.8 Å². The first-order valence-electron chi connectivity index (χ1n) is 14.8. The highest BCUT2D eigenvalue weighted by Gasteiger charge is 2.51. The number of hydrogen-bond donors (Lipinski definition) is 1. The van der Waals surface area contributed by atoms with Crippen molar-refractivity contribution >= 4 is 11.8 Å². The van der Waals surface area contributed by atoms with Gasteiger partial charge >= 0.3 is 5.97 Å². The van der Waals surface area contributed by atoms with E-state index in [1.807, 2.05) is 32.8 Å². The van der Waals surface area contributed by atoms with Gasteiger partial charge in [0, 0.05) is 50.7 Å². The minimum Gasteiger partial charge on any atom is -0.463 e. The number of hydrogen-bond acceptors (Lipinski definition) is 10. The van der Waals surface area contributed by atoms with Gasteiger partial charge < -0.3 is 33.9 Å². The summed E-state index contributed by atoms with van der Waals surface area (Å²) in [6.07, 6.45) is -1.52. The van der Waals surface area contributed by atoms with Crippen molar-refractivity contribution < 1.29 is 33.6 Å². The van der Waals surface area contributed by atoms with Crippen molar-refractivity contribution in [1.29, 1.82) is 0 Å². The Hall–Kier alpha value is -1.14. The molecule has 3 heterocycles. The van der Waals surface area contributed by atoms with E-state index in [4.69, 9.17) is 18.9 Å². The van der Waals surface area contributed by atoms with Crippen molar-refractivity contribution in [2.75, 3.05) is 61.5 Å². The number of cyclic esters (lactones) is 1. The molecule has 3 fully saturated rings. The second kappa shape index (κ2) is 13.0. The minimum atomic E-state index is -1.39. The molecule has 2 unspecified atom stereocenters. The van der Waals surface area contributed by atoms with Crippen molar-refractivity contribution in [1.82, 2.24) is 14.7 Å². The number of Topliss-reactive ketones (excluding diaryl/α,β-unsaturated/α-hetero) is 1. The quantitative estimate of drug-likeness (QED) is 0.390. The second-order valence-electron chi connectivity index (χ2n) is 13.8. The number of ether oxygens (including phenoxy) is 4. The maximum atomic E-state index is 14.1. The highest BCUT2D eigenvalue weighted by Crippen LogP contribution is 2.38. The average Bonchev–Trinajstić information content (AvgIpc) is 2.85. The molecule has 10 heteroatoms. The molecule has 10 nitrogen and oxygen atoms in total. The molecule has 0 spiro atoms. The summed E-state index contributed by atoms with van der Waals surface area (Å²) >= 11 is 0. The Morgan fingerprint density at radius 3 is 2.23 bits per heavy atom. The van der Waals surface area contributed by atoms with Gasteiger partial charge in [0.15, 0.2) is 12.1 Å². The largest absolute Gasteiger partial charge is 0.463 e. The lowest BCUT2D eigenvalue weighted by Crippen LogP contribution is -2.59. The Morgan fingerprint density at radius 2 is 1.68 bits per heavy atom. The molecule has 0 aromatic carbocycles. The molecule has 0 aromatic heterocycles. The van der Waals surface area contributed by atoms with Crippen LogP contribution < -0.4 is 0 Å². The van der Waals surface area contributed by atoms with E-state index in [2.05, 4.69) is 30.8 Å². The van der Waals surface area contributed by atoms with Crippen molar-refractivity contribution in [3.05, 3.63) is 0 Å². The molecule has 3 rings (SSSR count). The summed E-state index contributed by atoms with van der Waals surface area (Å²) in [5, 5.41) is 11.2. The van der Waals surface area contributed by atoms with Crippen LogP contribution in [0.1, 0.15) is 54.4 Å². The van der Waals surface area contributed by atoms with E-state index in [0.717, 1.165) is 19.6 Å². The van der Waals surface area contributed by atoms with Crippen LogP contribution in [0, 0.1) is 23.2 Å². The third-order valence-corrected chi connectivity index (χ3v) is 9.56. The highest BCUT2D eigenvalue weighted by atomic mass is 16.7. The molecule has 0 bridgehead atoms. The number of nitrogens with zero attached hydrogens (tertiary/aromatic N) is 3. The van der Waals surface area contributed by atoms with E-state index >= 15 is 0 Å². The lowest BCUT2D eigenvalue weighted by Gasteiger charge is -2.47. The molecular formula is C30H55N3O7. The zero-order chi connectivity index (χ0) is 30.2. The van der Waals surface area contributed by atoms with Gasteiger partial charge in [0.05, 0.1) is 17.8 Å². The molecule has 3 saturated heterocycles. The van der Waals surface area contributed by atoms with Crippen LogP contribution in [0.2, 0.25) is 0 Å². The van der Waals surface area contributed by atoms with Gasteiger partial charge in [-0.2, -0.15) is 0 Å². The summed E-state index contributed by atoms with van der Waals surface area (Å²) in [4.78, 5) is 34.0. The van der Waals surface area contributed by atoms with E-state index < -0.39 is 41.4 Å². The fraction of sp³-hybridized carbons (Fsp3) is 0.933. The molecule has 3 aliphatic rings. The van der Waals surface area contributed by atoms with Crippen LogP contribution in [0.3, 0.4) is 0 Å². The number of likely N-dealkylation sites (N-methyl/N-ethyl adjacent to an activating group) is 2. The number of aliphatic hydroxyl groups is 1. The number of carbonyl (C=O) groups excluding carboxylic acids is 2. The van der Waals surface area contributed by atoms with Gasteiger partial charge in [-0.15, -0.1) is 0 Å². The predicted molar refractivity (Wildman–Crippen MR) is 153 cm³/mol. The predicted octanol–water partition coefficient (Wildman–Crippen LogP) is 1.88. The molecular weight excluding hydrogens is 514 g/mol. The zero-order valence-corrected chi connectivity index (χ0v) is 26.7. The van der Waals surface area contributed by atoms with E-state index in [1.165, 1.54) is 0 Å². The van der Waals surface area contributed by atoms with Crippen molar-refractivity contribution in [2.45, 2.75) is 96.7 Å². The summed E-state index contributed by atoms with van der Waals surface area (Å²) in [7, 11) is 9.66. The molecule has 40 heavy (non-hydrogen) atoms. The van der Waals surface area contributed by atoms with Crippen molar-refractivity contribution in [3.63, 3.8) is 0 Å². The monoisotopic (exact) mass is 569 g/mol. The Kier molecular flexibility index (Phi) is 10.9. The third-order valence-electron chi connectivity index (χ3n) is 9.56. The summed E-state index contributed by atoms with van der Waals surface area (Å²) in [6.45, 7) is 14.0. The molecule has 0 aromatic rings. The molecule has 0 amide bonds. The fourth-order valence-electron chi connectivity index (χ4n) is 7.05. The summed E-state index contributed by atoms with van der Waals surface area (Å²) in [6, 6.07) is -0.104. The average molecular weight is 570 g/mol. The van der Waals surface area contributed by atoms with Crippen molar-refractivity contribution in [3.8, 4) is 0 Å². The molecule has 0 radical (unpaired) electrons. The smallest absolute Gasteiger partial charge is 0.319 e. The van der Waals surface area contributed by atoms with E-state index in [-0.39, 0.29) is 36.5 Å². The second-order valence-corrected chi connectivity index (χ2v) is 13.8. The van der Waals surface area contributed by atoms with Crippen LogP contribution in [-0.2, 0) is 28.5 Å². The molecule has 3 aliphatic heterocycles. The van der Waals surface area contributed by atoms with Gasteiger partial charge in [0.1, 0.15) is 18.1 Å². The minimum absolute atomic E-state index is 0.0581. The van der Waals surface area contributed by atoms with Crippen LogP contribution in [-0.4, -0.2) is 135 Å². The Labute approximate surface area is 241 Å². The maximum absolute atomic E-state index is 14.1. The van der Waals surface area contributed by atoms with E-state index in [1.54, 1.807) is 27.9 Å². The van der Waals surface area contributed by atoms with Crippen LogP contribution in [0.5, 0.6) is 0 Å². The van der Waals surface area contributed by atoms with Crippen molar-refractivity contribution in [2.24, 2.45) is 23.2 Å². The maximum Gasteiger partial charge on any atom is 0.319 e. The van der Waals surface area contributed by atoms with E-state index in [0.29, 0.717) is 18.8 Å². The standard InChI is InChI=1S/C30H55N3O7/c1-18-13-30(6,37-11)26(40-27-24(34)22(31(7)8)12-19(2)39-27)20(3)25(35)29(4,5)28(36)38-17-23(33(10)14-18)21-15-32(9)16-21/h18-24,26-27,34H,12-17H2,1-11H3/t18-,19-,20+,22+,23?,24-,26-,27?,30-/m1/s1. The normalized spacial score (nSPS) is 41.5. The first kappa shape index (κ1) is 33.4. The molecule has 232 valence electrons. The summed E-state index contributed by atoms with van der Waals surface area (Å²) in [5.41, 5.74) is -2.28. The first-order chi connectivity index (χ1) is 18.5. The van der Waals surface area contributed by atoms with E-state index in [9.17, 15) is 14.7 Å². The number of aliphatic hydroxyl groups excluding tert-OH is 1. The topological polar surface area (TPSA) is 101 Å². The Bertz CT molecular complexity index is 879. The van der Waals surface area contributed by atoms with Gasteiger partial charge in [-0.25, -0.2) is 0 Å². The number of rotatable bonds is 5. The highest BCUT2D eigenvalue weighted by molar-refractivity contribution is 6.04. The Balaban J connectivity index is 1.98. The molecule has 0 saturated carbocycles. The third kappa shape index (κ3) is 7.07. The van der Waals surface area contributed by atoms with Gasteiger partial charge in [0.2, 0.25) is 0 Å². The van der Waals surface area contributed by atoms with Gasteiger partial charge in [-0.05, 0) is 74.6 Å².